The van der Waals surface area contributed by atoms with Crippen molar-refractivity contribution < 1.29 is 5.11 Å². The van der Waals surface area contributed by atoms with Gasteiger partial charge in [0, 0.05) is 5.56 Å². The number of hydrogen-bond acceptors (Lipinski definition) is 3. The number of aromatic nitrogens is 3. The molecule has 0 aliphatic rings. The van der Waals surface area contributed by atoms with E-state index in [-0.39, 0.29) is 11.2 Å². The lowest BCUT2D eigenvalue weighted by Gasteiger charge is -2.25. The topological polar surface area (TPSA) is 50.9 Å². The molecule has 21 heavy (non-hydrogen) atoms. The van der Waals surface area contributed by atoms with E-state index in [0.717, 1.165) is 23.0 Å². The van der Waals surface area contributed by atoms with Gasteiger partial charge >= 0.3 is 0 Å². The van der Waals surface area contributed by atoms with Crippen molar-refractivity contribution in [1.82, 2.24) is 15.0 Å². The van der Waals surface area contributed by atoms with Crippen LogP contribution >= 0.6 is 0 Å². The number of nitrogens with zero attached hydrogens (tertiary/aromatic N) is 3. The van der Waals surface area contributed by atoms with E-state index >= 15 is 0 Å². The van der Waals surface area contributed by atoms with E-state index in [1.54, 1.807) is 0 Å². The van der Waals surface area contributed by atoms with Crippen LogP contribution in [0.2, 0.25) is 0 Å². The first kappa shape index (κ1) is 13.6. The van der Waals surface area contributed by atoms with E-state index in [0.29, 0.717) is 5.69 Å². The normalized spacial score (nSPS) is 12.0. The molecule has 0 saturated carbocycles. The van der Waals surface area contributed by atoms with Crippen molar-refractivity contribution in [3.05, 3.63) is 48.0 Å². The molecule has 4 heteroatoms. The predicted molar refractivity (Wildman–Crippen MR) is 83.8 cm³/mol. The van der Waals surface area contributed by atoms with E-state index in [1.807, 2.05) is 42.5 Å². The molecule has 0 aliphatic carbocycles. The van der Waals surface area contributed by atoms with Gasteiger partial charge < -0.3 is 5.11 Å². The first-order chi connectivity index (χ1) is 10.0. The maximum atomic E-state index is 10.6. The fourth-order valence-electron chi connectivity index (χ4n) is 2.40. The molecule has 1 heterocycles. The van der Waals surface area contributed by atoms with Crippen molar-refractivity contribution in [3.63, 3.8) is 0 Å². The van der Waals surface area contributed by atoms with Crippen molar-refractivity contribution in [1.29, 1.82) is 0 Å². The van der Waals surface area contributed by atoms with Gasteiger partial charge in [-0.3, -0.25) is 0 Å². The third-order valence-corrected chi connectivity index (χ3v) is 4.13. The molecule has 1 aromatic heterocycles. The van der Waals surface area contributed by atoms with E-state index in [1.165, 1.54) is 4.80 Å². The largest absolute Gasteiger partial charge is 0.505 e. The Morgan fingerprint density at radius 1 is 1.00 bits per heavy atom. The van der Waals surface area contributed by atoms with E-state index in [4.69, 9.17) is 0 Å². The first-order valence-corrected chi connectivity index (χ1v) is 7.18. The summed E-state index contributed by atoms with van der Waals surface area (Å²) in [5, 5.41) is 19.5. The molecule has 3 rings (SSSR count). The number of para-hydroxylation sites is 1. The molecular weight excluding hydrogens is 262 g/mol. The molecule has 0 fully saturated rings. The van der Waals surface area contributed by atoms with Gasteiger partial charge in [0.2, 0.25) is 0 Å². The van der Waals surface area contributed by atoms with Crippen molar-refractivity contribution >= 4 is 11.0 Å². The Morgan fingerprint density at radius 2 is 1.62 bits per heavy atom. The van der Waals surface area contributed by atoms with Gasteiger partial charge in [-0.2, -0.15) is 0 Å². The van der Waals surface area contributed by atoms with Crippen molar-refractivity contribution in [2.75, 3.05) is 0 Å². The summed E-state index contributed by atoms with van der Waals surface area (Å²) >= 11 is 0. The second kappa shape index (κ2) is 4.88. The number of phenolic OH excluding ortho intramolecular Hbond substituents is 1. The van der Waals surface area contributed by atoms with Crippen LogP contribution in [0.4, 0.5) is 0 Å². The van der Waals surface area contributed by atoms with Crippen molar-refractivity contribution in [3.8, 4) is 11.4 Å². The summed E-state index contributed by atoms with van der Waals surface area (Å²) in [7, 11) is 0. The average Bonchev–Trinajstić information content (AvgIpc) is 2.90. The number of benzene rings is 2. The minimum Gasteiger partial charge on any atom is -0.505 e. The summed E-state index contributed by atoms with van der Waals surface area (Å²) in [6.07, 6.45) is 0.943. The zero-order chi connectivity index (χ0) is 15.0. The molecule has 0 radical (unpaired) electrons. The lowest BCUT2D eigenvalue weighted by molar-refractivity contribution is 0.424. The molecular formula is C17H19N3O. The van der Waals surface area contributed by atoms with Crippen molar-refractivity contribution in [2.45, 2.75) is 32.6 Å². The molecule has 0 amide bonds. The Hall–Kier alpha value is -2.36. The highest BCUT2D eigenvalue weighted by molar-refractivity contribution is 5.73. The van der Waals surface area contributed by atoms with Gasteiger partial charge in [0.1, 0.15) is 22.5 Å². The SMILES string of the molecule is CCC(C)(C)c1cccc(-n2nc3ccccc3n2)c1O. The highest BCUT2D eigenvalue weighted by Gasteiger charge is 2.24. The lowest BCUT2D eigenvalue weighted by Crippen LogP contribution is -2.16. The van der Waals surface area contributed by atoms with Gasteiger partial charge in [0.25, 0.3) is 0 Å². The van der Waals surface area contributed by atoms with Crippen LogP contribution in [0.1, 0.15) is 32.8 Å². The van der Waals surface area contributed by atoms with Crippen LogP contribution in [0.5, 0.6) is 5.75 Å². The number of hydrogen-bond donors (Lipinski definition) is 1. The Balaban J connectivity index is 2.17. The third-order valence-electron chi connectivity index (χ3n) is 4.13. The molecule has 0 spiro atoms. The lowest BCUT2D eigenvalue weighted by atomic mass is 9.81. The van der Waals surface area contributed by atoms with Crippen LogP contribution in [-0.2, 0) is 5.41 Å². The van der Waals surface area contributed by atoms with E-state index in [9.17, 15) is 5.11 Å². The zero-order valence-electron chi connectivity index (χ0n) is 12.5. The molecule has 4 nitrogen and oxygen atoms in total. The molecule has 1 N–H and O–H groups in total. The minimum absolute atomic E-state index is 0.0906. The molecule has 0 atom stereocenters. The van der Waals surface area contributed by atoms with Crippen LogP contribution in [0.3, 0.4) is 0 Å². The molecule has 108 valence electrons. The van der Waals surface area contributed by atoms with Crippen LogP contribution in [0.15, 0.2) is 42.5 Å². The predicted octanol–water partition coefficient (Wildman–Crippen LogP) is 3.81. The summed E-state index contributed by atoms with van der Waals surface area (Å²) < 4.78 is 0. The molecule has 0 saturated heterocycles. The monoisotopic (exact) mass is 281 g/mol. The summed E-state index contributed by atoms with van der Waals surface area (Å²) in [5.74, 6) is 0.254. The summed E-state index contributed by atoms with van der Waals surface area (Å²) in [5.41, 5.74) is 3.08. The van der Waals surface area contributed by atoms with Gasteiger partial charge in [0.05, 0.1) is 0 Å². The van der Waals surface area contributed by atoms with Crippen LogP contribution in [-0.4, -0.2) is 20.1 Å². The van der Waals surface area contributed by atoms with Crippen LogP contribution in [0.25, 0.3) is 16.7 Å². The van der Waals surface area contributed by atoms with Gasteiger partial charge in [-0.05, 0) is 30.0 Å². The zero-order valence-corrected chi connectivity index (χ0v) is 12.5. The summed E-state index contributed by atoms with van der Waals surface area (Å²) in [6.45, 7) is 6.37. The first-order valence-electron chi connectivity index (χ1n) is 7.18. The number of phenols is 1. The highest BCUT2D eigenvalue weighted by atomic mass is 16.3. The van der Waals surface area contributed by atoms with Gasteiger partial charge in [-0.1, -0.05) is 45.0 Å². The second-order valence-electron chi connectivity index (χ2n) is 5.89. The quantitative estimate of drug-likeness (QED) is 0.794. The summed E-state index contributed by atoms with van der Waals surface area (Å²) in [6, 6.07) is 13.4. The fraction of sp³-hybridized carbons (Fsp3) is 0.294. The van der Waals surface area contributed by atoms with E-state index < -0.39 is 0 Å². The maximum absolute atomic E-state index is 10.6. The molecule has 0 bridgehead atoms. The number of aromatic hydroxyl groups is 1. The summed E-state index contributed by atoms with van der Waals surface area (Å²) in [4.78, 5) is 1.51. The molecule has 3 aromatic rings. The van der Waals surface area contributed by atoms with Gasteiger partial charge in [-0.15, -0.1) is 15.0 Å². The van der Waals surface area contributed by atoms with E-state index in [2.05, 4.69) is 31.0 Å². The molecule has 2 aromatic carbocycles. The fourth-order valence-corrected chi connectivity index (χ4v) is 2.40. The van der Waals surface area contributed by atoms with Crippen LogP contribution in [0, 0.1) is 0 Å². The third kappa shape index (κ3) is 2.27. The Labute approximate surface area is 124 Å². The maximum Gasteiger partial charge on any atom is 0.146 e. The minimum atomic E-state index is -0.0906. The Bertz CT molecular complexity index is 757. The highest BCUT2D eigenvalue weighted by Crippen LogP contribution is 2.36. The smallest absolute Gasteiger partial charge is 0.146 e. The standard InChI is InChI=1S/C17H19N3O/c1-4-17(2,3)12-8-7-11-15(16(12)21)20-18-13-9-5-6-10-14(13)19-20/h5-11,21H,4H2,1-3H3. The average molecular weight is 281 g/mol. The Morgan fingerprint density at radius 3 is 2.19 bits per heavy atom. The Kier molecular flexibility index (Phi) is 3.16. The second-order valence-corrected chi connectivity index (χ2v) is 5.89. The number of rotatable bonds is 3. The molecule has 0 aliphatic heterocycles. The van der Waals surface area contributed by atoms with Crippen molar-refractivity contribution in [2.24, 2.45) is 0 Å². The molecule has 0 unspecified atom stereocenters. The van der Waals surface area contributed by atoms with Gasteiger partial charge in [-0.25, -0.2) is 0 Å². The van der Waals surface area contributed by atoms with Crippen LogP contribution < -0.4 is 0 Å². The number of fused-ring (bicyclic) bond motifs is 1. The van der Waals surface area contributed by atoms with Gasteiger partial charge in [0.15, 0.2) is 0 Å².